The smallest absolute Gasteiger partial charge is 0.327 e. The highest BCUT2D eigenvalue weighted by atomic mass is 35.5. The van der Waals surface area contributed by atoms with Gasteiger partial charge < -0.3 is 4.74 Å². The Kier molecular flexibility index (Phi) is 4.37. The fourth-order valence-electron chi connectivity index (χ4n) is 4.16. The minimum atomic E-state index is -1.25. The molecule has 0 radical (unpaired) electrons. The van der Waals surface area contributed by atoms with E-state index in [4.69, 9.17) is 16.3 Å². The highest BCUT2D eigenvalue weighted by molar-refractivity contribution is 6.30. The molecule has 2 fully saturated rings. The van der Waals surface area contributed by atoms with Crippen LogP contribution in [0.15, 0.2) is 24.3 Å². The van der Waals surface area contributed by atoms with Crippen LogP contribution in [-0.2, 0) is 19.1 Å². The Morgan fingerprint density at radius 1 is 1.24 bits per heavy atom. The molecular weight excluding hydrogens is 344 g/mol. The minimum Gasteiger partial charge on any atom is -0.468 e. The lowest BCUT2D eigenvalue weighted by Gasteiger charge is -2.35. The van der Waals surface area contributed by atoms with Gasteiger partial charge >= 0.3 is 5.97 Å². The maximum atomic E-state index is 12.8. The van der Waals surface area contributed by atoms with Gasteiger partial charge in [-0.05, 0) is 23.6 Å². The second kappa shape index (κ2) is 6.11. The maximum absolute atomic E-state index is 12.8. The summed E-state index contributed by atoms with van der Waals surface area (Å²) in [6.45, 7) is 3.70. The molecule has 25 heavy (non-hydrogen) atoms. The number of hydrogen-bond donors (Lipinski definition) is 1. The molecule has 7 heteroatoms. The van der Waals surface area contributed by atoms with Crippen molar-refractivity contribution in [2.75, 3.05) is 14.2 Å². The van der Waals surface area contributed by atoms with Crippen LogP contribution >= 0.6 is 11.6 Å². The molecule has 2 heterocycles. The van der Waals surface area contributed by atoms with Crippen molar-refractivity contribution in [3.8, 4) is 0 Å². The van der Waals surface area contributed by atoms with Gasteiger partial charge in [-0.15, -0.1) is 0 Å². The number of rotatable bonds is 3. The molecule has 134 valence electrons. The summed E-state index contributed by atoms with van der Waals surface area (Å²) < 4.78 is 5.02. The van der Waals surface area contributed by atoms with E-state index >= 15 is 0 Å². The molecule has 2 amide bonds. The first-order valence-electron chi connectivity index (χ1n) is 8.18. The minimum absolute atomic E-state index is 0.243. The first kappa shape index (κ1) is 17.9. The van der Waals surface area contributed by atoms with Crippen molar-refractivity contribution < 1.29 is 19.1 Å². The zero-order valence-corrected chi connectivity index (χ0v) is 15.3. The first-order valence-corrected chi connectivity index (χ1v) is 8.56. The highest BCUT2D eigenvalue weighted by Gasteiger charge is 2.69. The van der Waals surface area contributed by atoms with Gasteiger partial charge in [0, 0.05) is 18.1 Å². The molecule has 0 aromatic heterocycles. The topological polar surface area (TPSA) is 75.7 Å². The van der Waals surface area contributed by atoms with Crippen molar-refractivity contribution in [3.63, 3.8) is 0 Å². The molecule has 0 saturated carbocycles. The average molecular weight is 365 g/mol. The summed E-state index contributed by atoms with van der Waals surface area (Å²) in [6, 6.07) is 6.60. The van der Waals surface area contributed by atoms with E-state index in [0.717, 1.165) is 10.5 Å². The van der Waals surface area contributed by atoms with Gasteiger partial charge in [-0.1, -0.05) is 37.6 Å². The molecule has 0 bridgehead atoms. The number of halogens is 1. The standard InChI is InChI=1S/C18H21ClN2O4/c1-9(2)18(17(24)25-4)13-12(15(22)21(3)16(13)23)14(20-18)10-5-7-11(19)8-6-10/h5-9,12-14,20H,1-4H3/t12-,13-,14-,18-/m1/s1. The van der Waals surface area contributed by atoms with Crippen molar-refractivity contribution in [3.05, 3.63) is 34.9 Å². The number of ether oxygens (including phenoxy) is 1. The molecule has 2 aliphatic heterocycles. The van der Waals surface area contributed by atoms with Crippen LogP contribution in [0.1, 0.15) is 25.5 Å². The fourth-order valence-corrected chi connectivity index (χ4v) is 4.29. The Morgan fingerprint density at radius 3 is 2.36 bits per heavy atom. The number of likely N-dealkylation sites (tertiary alicyclic amines) is 1. The van der Waals surface area contributed by atoms with Gasteiger partial charge in [-0.2, -0.15) is 0 Å². The molecule has 0 spiro atoms. The largest absolute Gasteiger partial charge is 0.468 e. The number of benzene rings is 1. The van der Waals surface area contributed by atoms with Crippen LogP contribution in [0.4, 0.5) is 0 Å². The second-order valence-corrected chi connectivity index (χ2v) is 7.36. The van der Waals surface area contributed by atoms with Gasteiger partial charge in [-0.3, -0.25) is 24.6 Å². The number of nitrogens with one attached hydrogen (secondary N) is 1. The molecule has 2 saturated heterocycles. The van der Waals surface area contributed by atoms with Gasteiger partial charge in [0.25, 0.3) is 0 Å². The molecule has 0 unspecified atom stereocenters. The molecule has 6 nitrogen and oxygen atoms in total. The number of fused-ring (bicyclic) bond motifs is 1. The van der Waals surface area contributed by atoms with Crippen LogP contribution < -0.4 is 5.32 Å². The van der Waals surface area contributed by atoms with Gasteiger partial charge in [0.2, 0.25) is 11.8 Å². The van der Waals surface area contributed by atoms with E-state index < -0.39 is 29.4 Å². The predicted octanol–water partition coefficient (Wildman–Crippen LogP) is 1.78. The number of hydrogen-bond acceptors (Lipinski definition) is 5. The normalized spacial score (nSPS) is 31.6. The van der Waals surface area contributed by atoms with Gasteiger partial charge in [0.05, 0.1) is 18.9 Å². The van der Waals surface area contributed by atoms with Gasteiger partial charge in [0.1, 0.15) is 5.54 Å². The SMILES string of the molecule is COC(=O)[C@]1(C(C)C)N[C@H](c2ccc(Cl)cc2)[C@@H]2C(=O)N(C)C(=O)[C@@H]21. The zero-order chi connectivity index (χ0) is 18.5. The summed E-state index contributed by atoms with van der Waals surface area (Å²) in [7, 11) is 2.76. The molecule has 1 aromatic carbocycles. The van der Waals surface area contributed by atoms with Crippen molar-refractivity contribution in [2.24, 2.45) is 17.8 Å². The monoisotopic (exact) mass is 364 g/mol. The molecule has 1 N–H and O–H groups in total. The van der Waals surface area contributed by atoms with E-state index in [1.165, 1.54) is 14.2 Å². The molecule has 1 aromatic rings. The summed E-state index contributed by atoms with van der Waals surface area (Å²) in [5.74, 6) is -2.84. The third-order valence-corrected chi connectivity index (χ3v) is 5.73. The van der Waals surface area contributed by atoms with Crippen LogP contribution in [0.5, 0.6) is 0 Å². The lowest BCUT2D eigenvalue weighted by molar-refractivity contribution is -0.156. The Morgan fingerprint density at radius 2 is 1.84 bits per heavy atom. The van der Waals surface area contributed by atoms with Crippen LogP contribution in [-0.4, -0.2) is 42.4 Å². The Hall–Kier alpha value is -1.92. The predicted molar refractivity (Wildman–Crippen MR) is 91.7 cm³/mol. The van der Waals surface area contributed by atoms with E-state index in [1.54, 1.807) is 24.3 Å². The number of nitrogens with zero attached hydrogens (tertiary/aromatic N) is 1. The average Bonchev–Trinajstić information content (AvgIpc) is 3.06. The van der Waals surface area contributed by atoms with Crippen LogP contribution in [0.3, 0.4) is 0 Å². The Bertz CT molecular complexity index is 733. The van der Waals surface area contributed by atoms with E-state index in [1.807, 2.05) is 13.8 Å². The lowest BCUT2D eigenvalue weighted by Crippen LogP contribution is -2.59. The third-order valence-electron chi connectivity index (χ3n) is 5.48. The first-order chi connectivity index (χ1) is 11.8. The number of esters is 1. The van der Waals surface area contributed by atoms with E-state index in [2.05, 4.69) is 5.32 Å². The molecule has 2 aliphatic rings. The highest BCUT2D eigenvalue weighted by Crippen LogP contribution is 2.51. The zero-order valence-electron chi connectivity index (χ0n) is 14.6. The number of methoxy groups -OCH3 is 1. The molecule has 0 aliphatic carbocycles. The Balaban J connectivity index is 2.17. The number of amides is 2. The maximum Gasteiger partial charge on any atom is 0.327 e. The number of imide groups is 1. The molecule has 4 atom stereocenters. The fraction of sp³-hybridized carbons (Fsp3) is 0.500. The van der Waals surface area contributed by atoms with E-state index in [0.29, 0.717) is 5.02 Å². The Labute approximate surface area is 151 Å². The van der Waals surface area contributed by atoms with Gasteiger partial charge in [-0.25, -0.2) is 0 Å². The summed E-state index contributed by atoms with van der Waals surface area (Å²) >= 11 is 5.96. The van der Waals surface area contributed by atoms with Crippen LogP contribution in [0.25, 0.3) is 0 Å². The second-order valence-electron chi connectivity index (χ2n) is 6.93. The third kappa shape index (κ3) is 2.39. The summed E-state index contributed by atoms with van der Waals surface area (Å²) in [5, 5.41) is 3.86. The van der Waals surface area contributed by atoms with Crippen molar-refractivity contribution in [1.29, 1.82) is 0 Å². The molecular formula is C18H21ClN2O4. The summed E-state index contributed by atoms with van der Waals surface area (Å²) in [6.07, 6.45) is 0. The van der Waals surface area contributed by atoms with Crippen molar-refractivity contribution >= 4 is 29.4 Å². The van der Waals surface area contributed by atoms with Crippen LogP contribution in [0, 0.1) is 17.8 Å². The summed E-state index contributed by atoms with van der Waals surface area (Å²) in [4.78, 5) is 39.4. The van der Waals surface area contributed by atoms with Crippen molar-refractivity contribution in [2.45, 2.75) is 25.4 Å². The number of carbonyl (C=O) groups is 3. The lowest BCUT2D eigenvalue weighted by atomic mass is 9.73. The quantitative estimate of drug-likeness (QED) is 0.653. The molecule has 3 rings (SSSR count). The van der Waals surface area contributed by atoms with E-state index in [9.17, 15) is 14.4 Å². The van der Waals surface area contributed by atoms with Crippen molar-refractivity contribution in [1.82, 2.24) is 10.2 Å². The van der Waals surface area contributed by atoms with E-state index in [-0.39, 0.29) is 17.7 Å². The van der Waals surface area contributed by atoms with Gasteiger partial charge in [0.15, 0.2) is 0 Å². The number of carbonyl (C=O) groups excluding carboxylic acids is 3. The van der Waals surface area contributed by atoms with Crippen LogP contribution in [0.2, 0.25) is 5.02 Å². The summed E-state index contributed by atoms with van der Waals surface area (Å²) in [5.41, 5.74) is -0.441.